The highest BCUT2D eigenvalue weighted by molar-refractivity contribution is 9.10. The van der Waals surface area contributed by atoms with E-state index in [-0.39, 0.29) is 0 Å². The standard InChI is InChI=1S/C19H24BrN3O3/c1-5-26-17-9-7-15(11-18(17)25-4)23-19(21-2)22-12-13-10-14(20)6-8-16(13)24-3/h6-11H,5,12H2,1-4H3,(H2,21,22,23). The van der Waals surface area contributed by atoms with E-state index in [9.17, 15) is 0 Å². The van der Waals surface area contributed by atoms with Crippen LogP contribution in [0.2, 0.25) is 0 Å². The van der Waals surface area contributed by atoms with Gasteiger partial charge in [-0.25, -0.2) is 0 Å². The van der Waals surface area contributed by atoms with Crippen molar-refractivity contribution in [3.05, 3.63) is 46.4 Å². The van der Waals surface area contributed by atoms with E-state index in [1.165, 1.54) is 0 Å². The molecule has 0 aliphatic carbocycles. The molecular formula is C19H24BrN3O3. The first-order valence-electron chi connectivity index (χ1n) is 8.22. The Labute approximate surface area is 162 Å². The zero-order valence-corrected chi connectivity index (χ0v) is 17.0. The van der Waals surface area contributed by atoms with E-state index < -0.39 is 0 Å². The molecule has 2 aromatic carbocycles. The van der Waals surface area contributed by atoms with Crippen LogP contribution in [0.5, 0.6) is 17.2 Å². The Kier molecular flexibility index (Phi) is 7.59. The van der Waals surface area contributed by atoms with Gasteiger partial charge in [0.1, 0.15) is 5.75 Å². The van der Waals surface area contributed by atoms with E-state index in [2.05, 4.69) is 31.6 Å². The third kappa shape index (κ3) is 5.29. The molecule has 7 heteroatoms. The van der Waals surface area contributed by atoms with Crippen molar-refractivity contribution in [1.82, 2.24) is 5.32 Å². The molecule has 0 aliphatic heterocycles. The second kappa shape index (κ2) is 9.91. The minimum Gasteiger partial charge on any atom is -0.496 e. The maximum Gasteiger partial charge on any atom is 0.195 e. The van der Waals surface area contributed by atoms with Crippen LogP contribution in [0.25, 0.3) is 0 Å². The fourth-order valence-electron chi connectivity index (χ4n) is 2.40. The molecular weight excluding hydrogens is 398 g/mol. The average Bonchev–Trinajstić information content (AvgIpc) is 2.66. The quantitative estimate of drug-likeness (QED) is 0.521. The third-order valence-corrected chi connectivity index (χ3v) is 4.13. The molecule has 0 unspecified atom stereocenters. The number of hydrogen-bond acceptors (Lipinski definition) is 4. The Bertz CT molecular complexity index is 766. The van der Waals surface area contributed by atoms with E-state index in [1.807, 2.05) is 43.3 Å². The molecule has 0 spiro atoms. The number of nitrogens with zero attached hydrogens (tertiary/aromatic N) is 1. The van der Waals surface area contributed by atoms with Crippen molar-refractivity contribution in [2.75, 3.05) is 33.2 Å². The number of hydrogen-bond donors (Lipinski definition) is 2. The number of nitrogens with one attached hydrogen (secondary N) is 2. The Hall–Kier alpha value is -2.41. The summed E-state index contributed by atoms with van der Waals surface area (Å²) >= 11 is 3.48. The van der Waals surface area contributed by atoms with Crippen molar-refractivity contribution in [3.63, 3.8) is 0 Å². The lowest BCUT2D eigenvalue weighted by Crippen LogP contribution is -2.30. The zero-order valence-electron chi connectivity index (χ0n) is 15.4. The van der Waals surface area contributed by atoms with Crippen molar-refractivity contribution >= 4 is 27.6 Å². The molecule has 0 heterocycles. The minimum absolute atomic E-state index is 0.566. The second-order valence-corrected chi connectivity index (χ2v) is 6.22. The summed E-state index contributed by atoms with van der Waals surface area (Å²) in [6.07, 6.45) is 0. The van der Waals surface area contributed by atoms with Gasteiger partial charge in [-0.1, -0.05) is 15.9 Å². The van der Waals surface area contributed by atoms with Crippen molar-refractivity contribution in [1.29, 1.82) is 0 Å². The van der Waals surface area contributed by atoms with Crippen LogP contribution in [0.1, 0.15) is 12.5 Å². The Morgan fingerprint density at radius 1 is 1.04 bits per heavy atom. The van der Waals surface area contributed by atoms with Gasteiger partial charge in [0.2, 0.25) is 0 Å². The molecule has 0 aliphatic rings. The second-order valence-electron chi connectivity index (χ2n) is 5.31. The summed E-state index contributed by atoms with van der Waals surface area (Å²) < 4.78 is 17.3. The number of anilines is 1. The van der Waals surface area contributed by atoms with Crippen molar-refractivity contribution in [2.24, 2.45) is 4.99 Å². The Morgan fingerprint density at radius 2 is 1.77 bits per heavy atom. The molecule has 2 rings (SSSR count). The van der Waals surface area contributed by atoms with E-state index in [1.54, 1.807) is 21.3 Å². The highest BCUT2D eigenvalue weighted by Gasteiger charge is 2.08. The zero-order chi connectivity index (χ0) is 18.9. The Morgan fingerprint density at radius 3 is 2.42 bits per heavy atom. The molecule has 140 valence electrons. The largest absolute Gasteiger partial charge is 0.496 e. The molecule has 2 N–H and O–H groups in total. The number of guanidine groups is 1. The van der Waals surface area contributed by atoms with E-state index in [4.69, 9.17) is 14.2 Å². The van der Waals surface area contributed by atoms with E-state index in [0.29, 0.717) is 30.6 Å². The maximum atomic E-state index is 5.54. The lowest BCUT2D eigenvalue weighted by molar-refractivity contribution is 0.311. The number of methoxy groups -OCH3 is 2. The molecule has 0 radical (unpaired) electrons. The first kappa shape index (κ1) is 19.9. The van der Waals surface area contributed by atoms with Gasteiger partial charge in [0.15, 0.2) is 17.5 Å². The monoisotopic (exact) mass is 421 g/mol. The van der Waals surface area contributed by atoms with Gasteiger partial charge in [0.05, 0.1) is 20.8 Å². The van der Waals surface area contributed by atoms with Gasteiger partial charge in [0, 0.05) is 35.4 Å². The molecule has 0 saturated heterocycles. The van der Waals surface area contributed by atoms with Crippen molar-refractivity contribution in [3.8, 4) is 17.2 Å². The number of rotatable bonds is 7. The summed E-state index contributed by atoms with van der Waals surface area (Å²) in [7, 11) is 5.00. The molecule has 26 heavy (non-hydrogen) atoms. The minimum atomic E-state index is 0.566. The van der Waals surface area contributed by atoms with Crippen LogP contribution in [0.3, 0.4) is 0 Å². The molecule has 0 atom stereocenters. The first-order chi connectivity index (χ1) is 12.6. The van der Waals surface area contributed by atoms with Crippen LogP contribution in [0, 0.1) is 0 Å². The highest BCUT2D eigenvalue weighted by atomic mass is 79.9. The lowest BCUT2D eigenvalue weighted by Gasteiger charge is -2.15. The normalized spacial score (nSPS) is 11.0. The molecule has 6 nitrogen and oxygen atoms in total. The maximum absolute atomic E-state index is 5.54. The van der Waals surface area contributed by atoms with E-state index >= 15 is 0 Å². The van der Waals surface area contributed by atoms with Crippen LogP contribution >= 0.6 is 15.9 Å². The fourth-order valence-corrected chi connectivity index (χ4v) is 2.81. The molecule has 2 aromatic rings. The summed E-state index contributed by atoms with van der Waals surface area (Å²) in [6.45, 7) is 3.09. The predicted molar refractivity (Wildman–Crippen MR) is 109 cm³/mol. The van der Waals surface area contributed by atoms with Gasteiger partial charge in [-0.05, 0) is 37.3 Å². The topological polar surface area (TPSA) is 64.1 Å². The van der Waals surface area contributed by atoms with Crippen LogP contribution in [-0.2, 0) is 6.54 Å². The number of aliphatic imine (C=N–C) groups is 1. The van der Waals surface area contributed by atoms with E-state index in [0.717, 1.165) is 21.5 Å². The van der Waals surface area contributed by atoms with Crippen LogP contribution < -0.4 is 24.8 Å². The molecule has 0 bridgehead atoms. The predicted octanol–water partition coefficient (Wildman–Crippen LogP) is 4.05. The van der Waals surface area contributed by atoms with Gasteiger partial charge >= 0.3 is 0 Å². The summed E-state index contributed by atoms with van der Waals surface area (Å²) in [5, 5.41) is 6.53. The number of ether oxygens (including phenoxy) is 3. The summed E-state index contributed by atoms with van der Waals surface area (Å²) in [5.74, 6) is 2.83. The lowest BCUT2D eigenvalue weighted by atomic mass is 10.2. The van der Waals surface area contributed by atoms with Crippen molar-refractivity contribution in [2.45, 2.75) is 13.5 Å². The smallest absolute Gasteiger partial charge is 0.195 e. The van der Waals surface area contributed by atoms with Crippen molar-refractivity contribution < 1.29 is 14.2 Å². The van der Waals surface area contributed by atoms with Gasteiger partial charge in [-0.2, -0.15) is 0 Å². The third-order valence-electron chi connectivity index (χ3n) is 3.64. The summed E-state index contributed by atoms with van der Waals surface area (Å²) in [6, 6.07) is 11.5. The molecule has 0 saturated carbocycles. The summed E-state index contributed by atoms with van der Waals surface area (Å²) in [4.78, 5) is 4.26. The highest BCUT2D eigenvalue weighted by Crippen LogP contribution is 2.30. The van der Waals surface area contributed by atoms with Gasteiger partial charge in [-0.3, -0.25) is 4.99 Å². The van der Waals surface area contributed by atoms with Crippen LogP contribution in [0.15, 0.2) is 45.9 Å². The van der Waals surface area contributed by atoms with Gasteiger partial charge in [0.25, 0.3) is 0 Å². The molecule has 0 amide bonds. The molecule has 0 aromatic heterocycles. The van der Waals surface area contributed by atoms with Crippen LogP contribution in [0.4, 0.5) is 5.69 Å². The first-order valence-corrected chi connectivity index (χ1v) is 9.01. The fraction of sp³-hybridized carbons (Fsp3) is 0.316. The SMILES string of the molecule is CCOc1ccc(NC(=NC)NCc2cc(Br)ccc2OC)cc1OC. The number of benzene rings is 2. The van der Waals surface area contributed by atoms with Crippen LogP contribution in [-0.4, -0.2) is 33.8 Å². The number of halogens is 1. The molecule has 0 fully saturated rings. The van der Waals surface area contributed by atoms with Gasteiger partial charge < -0.3 is 24.8 Å². The van der Waals surface area contributed by atoms with Gasteiger partial charge in [-0.15, -0.1) is 0 Å². The summed E-state index contributed by atoms with van der Waals surface area (Å²) in [5.41, 5.74) is 1.87. The average molecular weight is 422 g/mol. The Balaban J connectivity index is 2.07.